The molecule has 0 bridgehead atoms. The molecule has 0 radical (unpaired) electrons. The molecule has 1 rings (SSSR count). The number of methoxy groups -OCH3 is 1. The van der Waals surface area contributed by atoms with Crippen molar-refractivity contribution >= 4 is 0 Å². The molecule has 6 heteroatoms. The maximum atomic E-state index is 10.2. The van der Waals surface area contributed by atoms with E-state index >= 15 is 0 Å². The molecule has 6 nitrogen and oxygen atoms in total. The second-order valence-corrected chi connectivity index (χ2v) is 6.50. The number of unbranched alkanes of at least 4 members (excludes halogenated alkanes) is 1. The fourth-order valence-electron chi connectivity index (χ4n) is 2.43. The van der Waals surface area contributed by atoms with Gasteiger partial charge in [0.2, 0.25) is 6.54 Å². The van der Waals surface area contributed by atoms with Gasteiger partial charge >= 0.3 is 0 Å². The molecule has 0 amide bonds. The second kappa shape index (κ2) is 9.47. The third kappa shape index (κ3) is 8.52. The molecule has 1 aromatic rings. The minimum Gasteiger partial charge on any atom is -0.497 e. The van der Waals surface area contributed by atoms with E-state index in [1.165, 1.54) is 5.56 Å². The highest BCUT2D eigenvalue weighted by Crippen LogP contribution is 2.17. The maximum Gasteiger partial charge on any atom is 0.203 e. The van der Waals surface area contributed by atoms with Gasteiger partial charge in [0.05, 0.1) is 13.2 Å². The Morgan fingerprint density at radius 1 is 1.30 bits per heavy atom. The number of rotatable bonds is 11. The zero-order valence-electron chi connectivity index (χ0n) is 14.2. The number of aliphatic hydroxyl groups is 1. The largest absolute Gasteiger partial charge is 0.497 e. The molecule has 1 aromatic carbocycles. The average Bonchev–Trinajstić information content (AvgIpc) is 2.50. The van der Waals surface area contributed by atoms with E-state index in [-0.39, 0.29) is 17.0 Å². The number of nitrogens with one attached hydrogen (secondary N) is 1. The molecule has 0 heterocycles. The standard InChI is InChI=1S/C17H28N2O4/c1-17(2,12-14-7-9-16(23-3)10-8-14)18-13-15(20)6-4-5-11-19(21)22/h7-10,15,18,20H,4-6,11-13H2,1-3H3. The van der Waals surface area contributed by atoms with Gasteiger partial charge in [0.15, 0.2) is 0 Å². The number of β-amino-alcohol motifs (C(OH)–C–C–N with tert-alkyl or cyclic N) is 1. The van der Waals surface area contributed by atoms with Gasteiger partial charge in [-0.25, -0.2) is 0 Å². The number of aliphatic hydroxyl groups excluding tert-OH is 1. The van der Waals surface area contributed by atoms with Crippen molar-refractivity contribution < 1.29 is 14.8 Å². The van der Waals surface area contributed by atoms with Crippen molar-refractivity contribution in [2.24, 2.45) is 0 Å². The molecule has 2 N–H and O–H groups in total. The topological polar surface area (TPSA) is 84.6 Å². The summed E-state index contributed by atoms with van der Waals surface area (Å²) in [6, 6.07) is 7.96. The normalized spacial score (nSPS) is 12.9. The van der Waals surface area contributed by atoms with Gasteiger partial charge in [-0.05, 0) is 50.8 Å². The van der Waals surface area contributed by atoms with Gasteiger partial charge in [-0.15, -0.1) is 0 Å². The van der Waals surface area contributed by atoms with Crippen LogP contribution in [-0.4, -0.2) is 41.9 Å². The van der Waals surface area contributed by atoms with E-state index in [1.54, 1.807) is 7.11 Å². The minimum absolute atomic E-state index is 0.0247. The smallest absolute Gasteiger partial charge is 0.203 e. The summed E-state index contributed by atoms with van der Waals surface area (Å²) in [6.45, 7) is 4.65. The first-order valence-electron chi connectivity index (χ1n) is 8.00. The first-order chi connectivity index (χ1) is 10.8. The summed E-state index contributed by atoms with van der Waals surface area (Å²) < 4.78 is 5.15. The molecule has 0 aliphatic carbocycles. The number of ether oxygens (including phenoxy) is 1. The van der Waals surface area contributed by atoms with Crippen LogP contribution in [0.4, 0.5) is 0 Å². The van der Waals surface area contributed by atoms with Gasteiger partial charge in [-0.3, -0.25) is 10.1 Å². The SMILES string of the molecule is COc1ccc(CC(C)(C)NCC(O)CCCC[N+](=O)[O-])cc1. The third-order valence-corrected chi connectivity index (χ3v) is 3.75. The van der Waals surface area contributed by atoms with Crippen LogP contribution in [0.5, 0.6) is 5.75 Å². The van der Waals surface area contributed by atoms with E-state index < -0.39 is 6.10 Å². The Balaban J connectivity index is 2.31. The molecule has 130 valence electrons. The van der Waals surface area contributed by atoms with Crippen molar-refractivity contribution in [2.45, 2.75) is 51.2 Å². The average molecular weight is 324 g/mol. The highest BCUT2D eigenvalue weighted by molar-refractivity contribution is 5.28. The van der Waals surface area contributed by atoms with Gasteiger partial charge in [-0.1, -0.05) is 12.1 Å². The zero-order valence-corrected chi connectivity index (χ0v) is 14.2. The molecule has 0 spiro atoms. The van der Waals surface area contributed by atoms with Gasteiger partial charge in [0.25, 0.3) is 0 Å². The number of nitro groups is 1. The number of hydrogen-bond donors (Lipinski definition) is 2. The van der Waals surface area contributed by atoms with Crippen molar-refractivity contribution in [3.63, 3.8) is 0 Å². The van der Waals surface area contributed by atoms with Crippen molar-refractivity contribution in [2.75, 3.05) is 20.2 Å². The monoisotopic (exact) mass is 324 g/mol. The Kier molecular flexibility index (Phi) is 7.98. The van der Waals surface area contributed by atoms with Crippen molar-refractivity contribution in [1.82, 2.24) is 5.32 Å². The third-order valence-electron chi connectivity index (χ3n) is 3.75. The molecule has 0 fully saturated rings. The summed E-state index contributed by atoms with van der Waals surface area (Å²) in [5.41, 5.74) is 1.06. The number of nitrogens with zero attached hydrogens (tertiary/aromatic N) is 1. The first-order valence-corrected chi connectivity index (χ1v) is 8.00. The lowest BCUT2D eigenvalue weighted by atomic mass is 9.94. The predicted molar refractivity (Wildman–Crippen MR) is 90.5 cm³/mol. The van der Waals surface area contributed by atoms with Crippen LogP contribution in [0.3, 0.4) is 0 Å². The highest BCUT2D eigenvalue weighted by Gasteiger charge is 2.19. The summed E-state index contributed by atoms with van der Waals surface area (Å²) in [4.78, 5) is 9.92. The molecule has 0 saturated heterocycles. The van der Waals surface area contributed by atoms with Gasteiger partial charge in [0.1, 0.15) is 5.75 Å². The van der Waals surface area contributed by atoms with E-state index in [0.29, 0.717) is 25.8 Å². The molecule has 1 atom stereocenters. The zero-order chi connectivity index (χ0) is 17.3. The predicted octanol–water partition coefficient (Wildman–Crippen LogP) is 2.41. The molecule has 0 saturated carbocycles. The van der Waals surface area contributed by atoms with E-state index in [1.807, 2.05) is 24.3 Å². The van der Waals surface area contributed by atoms with Crippen LogP contribution >= 0.6 is 0 Å². The van der Waals surface area contributed by atoms with Crippen LogP contribution in [0.1, 0.15) is 38.7 Å². The molecule has 0 aromatic heterocycles. The van der Waals surface area contributed by atoms with E-state index in [9.17, 15) is 15.2 Å². The maximum absolute atomic E-state index is 10.2. The van der Waals surface area contributed by atoms with Gasteiger partial charge < -0.3 is 15.2 Å². The van der Waals surface area contributed by atoms with Crippen molar-refractivity contribution in [1.29, 1.82) is 0 Å². The van der Waals surface area contributed by atoms with Crippen LogP contribution in [0.15, 0.2) is 24.3 Å². The fourth-order valence-corrected chi connectivity index (χ4v) is 2.43. The Morgan fingerprint density at radius 2 is 1.96 bits per heavy atom. The lowest BCUT2D eigenvalue weighted by molar-refractivity contribution is -0.480. The summed E-state index contributed by atoms with van der Waals surface area (Å²) in [7, 11) is 1.65. The summed E-state index contributed by atoms with van der Waals surface area (Å²) in [5, 5.41) is 23.6. The van der Waals surface area contributed by atoms with Crippen molar-refractivity contribution in [3.8, 4) is 5.75 Å². The summed E-state index contributed by atoms with van der Waals surface area (Å²) in [5.74, 6) is 0.838. The van der Waals surface area contributed by atoms with Gasteiger partial charge in [0, 0.05) is 23.4 Å². The van der Waals surface area contributed by atoms with Crippen LogP contribution < -0.4 is 10.1 Å². The lowest BCUT2D eigenvalue weighted by Gasteiger charge is -2.28. The Morgan fingerprint density at radius 3 is 2.52 bits per heavy atom. The van der Waals surface area contributed by atoms with E-state index in [2.05, 4.69) is 19.2 Å². The molecular weight excluding hydrogens is 296 g/mol. The van der Waals surface area contributed by atoms with Gasteiger partial charge in [-0.2, -0.15) is 0 Å². The second-order valence-electron chi connectivity index (χ2n) is 6.50. The molecule has 23 heavy (non-hydrogen) atoms. The lowest BCUT2D eigenvalue weighted by Crippen LogP contribution is -2.45. The first kappa shape index (κ1) is 19.4. The van der Waals surface area contributed by atoms with Crippen LogP contribution in [0.2, 0.25) is 0 Å². The Labute approximate surface area is 138 Å². The Bertz CT molecular complexity index is 474. The number of benzene rings is 1. The Hall–Kier alpha value is -1.66. The minimum atomic E-state index is -0.475. The van der Waals surface area contributed by atoms with Crippen molar-refractivity contribution in [3.05, 3.63) is 39.9 Å². The van der Waals surface area contributed by atoms with Crippen LogP contribution in [0, 0.1) is 10.1 Å². The van der Waals surface area contributed by atoms with E-state index in [0.717, 1.165) is 12.2 Å². The molecular formula is C17H28N2O4. The quantitative estimate of drug-likeness (QED) is 0.371. The number of hydrogen-bond acceptors (Lipinski definition) is 5. The van der Waals surface area contributed by atoms with E-state index in [4.69, 9.17) is 4.74 Å². The molecule has 1 unspecified atom stereocenters. The summed E-state index contributed by atoms with van der Waals surface area (Å²) in [6.07, 6.45) is 2.13. The summed E-state index contributed by atoms with van der Waals surface area (Å²) >= 11 is 0. The van der Waals surface area contributed by atoms with Crippen LogP contribution in [0.25, 0.3) is 0 Å². The fraction of sp³-hybridized carbons (Fsp3) is 0.647. The van der Waals surface area contributed by atoms with Crippen LogP contribution in [-0.2, 0) is 6.42 Å². The molecule has 0 aliphatic rings. The molecule has 0 aliphatic heterocycles. The highest BCUT2D eigenvalue weighted by atomic mass is 16.6.